The molecular weight excluding hydrogens is 364 g/mol. The van der Waals surface area contributed by atoms with Gasteiger partial charge in [-0.1, -0.05) is 47.9 Å². The Morgan fingerprint density at radius 3 is 2.71 bits per heavy atom. The largest absolute Gasteiger partial charge is 0.481 e. The Balaban J connectivity index is 1.85. The third-order valence-electron chi connectivity index (χ3n) is 3.74. The average molecular weight is 381 g/mol. The van der Waals surface area contributed by atoms with Gasteiger partial charge in [-0.2, -0.15) is 0 Å². The summed E-state index contributed by atoms with van der Waals surface area (Å²) in [5.74, 6) is -0.984. The first-order chi connectivity index (χ1) is 11.5. The third-order valence-corrected chi connectivity index (χ3v) is 6.49. The zero-order valence-electron chi connectivity index (χ0n) is 13.0. The summed E-state index contributed by atoms with van der Waals surface area (Å²) in [5, 5.41) is 9.66. The highest BCUT2D eigenvalue weighted by molar-refractivity contribution is 8.27. The molecule has 1 fully saturated rings. The van der Waals surface area contributed by atoms with Crippen LogP contribution in [-0.4, -0.2) is 39.3 Å². The first-order valence-corrected chi connectivity index (χ1v) is 9.61. The monoisotopic (exact) mass is 380 g/mol. The van der Waals surface area contributed by atoms with Crippen LogP contribution in [0, 0.1) is 0 Å². The summed E-state index contributed by atoms with van der Waals surface area (Å²) in [6, 6.07) is 8.07. The lowest BCUT2D eigenvalue weighted by atomic mass is 10.3. The van der Waals surface area contributed by atoms with Crippen LogP contribution in [0.25, 0.3) is 0 Å². The number of aliphatic carboxylic acids is 1. The predicted octanol–water partition coefficient (Wildman–Crippen LogP) is 3.51. The molecule has 0 aliphatic carbocycles. The number of thiocarbonyl (C=S) groups is 1. The average Bonchev–Trinajstić information content (AvgIpc) is 3.06. The molecule has 1 aromatic carbocycles. The molecule has 1 saturated heterocycles. The molecule has 2 aliphatic heterocycles. The number of nitrogens with zero attached hydrogens (tertiary/aromatic N) is 2. The SMILES string of the molecule is CCN1C(=C2SC(=S)N(CCCC(=O)O)C2=O)Sc2ccccc21. The van der Waals surface area contributed by atoms with Crippen LogP contribution >= 0.6 is 35.7 Å². The van der Waals surface area contributed by atoms with Crippen molar-refractivity contribution in [3.8, 4) is 0 Å². The Hall–Kier alpha value is -1.51. The summed E-state index contributed by atoms with van der Waals surface area (Å²) >= 11 is 8.22. The Morgan fingerprint density at radius 1 is 1.25 bits per heavy atom. The lowest BCUT2D eigenvalue weighted by molar-refractivity contribution is -0.137. The maximum absolute atomic E-state index is 12.8. The van der Waals surface area contributed by atoms with Gasteiger partial charge < -0.3 is 10.0 Å². The summed E-state index contributed by atoms with van der Waals surface area (Å²) in [6.45, 7) is 3.16. The Labute approximate surface area is 154 Å². The highest BCUT2D eigenvalue weighted by atomic mass is 32.2. The van der Waals surface area contributed by atoms with Crippen molar-refractivity contribution in [3.63, 3.8) is 0 Å². The van der Waals surface area contributed by atoms with Crippen LogP contribution in [0.15, 0.2) is 39.1 Å². The molecule has 1 aromatic rings. The predicted molar refractivity (Wildman–Crippen MR) is 101 cm³/mol. The van der Waals surface area contributed by atoms with E-state index in [0.717, 1.165) is 22.2 Å². The summed E-state index contributed by atoms with van der Waals surface area (Å²) in [7, 11) is 0. The van der Waals surface area contributed by atoms with Crippen LogP contribution in [0.2, 0.25) is 0 Å². The van der Waals surface area contributed by atoms with Crippen molar-refractivity contribution in [2.45, 2.75) is 24.7 Å². The van der Waals surface area contributed by atoms with Crippen LogP contribution < -0.4 is 4.90 Å². The van der Waals surface area contributed by atoms with E-state index in [1.807, 2.05) is 24.3 Å². The molecule has 3 rings (SSSR count). The fourth-order valence-corrected chi connectivity index (χ4v) is 5.31. The number of carbonyl (C=O) groups excluding carboxylic acids is 1. The van der Waals surface area contributed by atoms with Gasteiger partial charge in [-0.3, -0.25) is 14.5 Å². The van der Waals surface area contributed by atoms with Gasteiger partial charge in [0.15, 0.2) is 0 Å². The summed E-state index contributed by atoms with van der Waals surface area (Å²) in [6.07, 6.45) is 0.430. The van der Waals surface area contributed by atoms with Crippen molar-refractivity contribution >= 4 is 57.6 Å². The number of carboxylic acids is 1. The molecule has 2 heterocycles. The highest BCUT2D eigenvalue weighted by Crippen LogP contribution is 2.50. The molecule has 1 N–H and O–H groups in total. The number of hydrogen-bond acceptors (Lipinski definition) is 6. The number of fused-ring (bicyclic) bond motifs is 1. The molecule has 24 heavy (non-hydrogen) atoms. The van der Waals surface area contributed by atoms with Crippen molar-refractivity contribution in [1.82, 2.24) is 4.90 Å². The number of benzene rings is 1. The molecule has 2 aliphatic rings. The quantitative estimate of drug-likeness (QED) is 0.619. The number of rotatable bonds is 5. The fourth-order valence-electron chi connectivity index (χ4n) is 2.63. The molecule has 0 saturated carbocycles. The maximum atomic E-state index is 12.8. The molecule has 0 radical (unpaired) electrons. The van der Waals surface area contributed by atoms with Crippen LogP contribution in [0.3, 0.4) is 0 Å². The Morgan fingerprint density at radius 2 is 2.00 bits per heavy atom. The van der Waals surface area contributed by atoms with Gasteiger partial charge in [0.25, 0.3) is 5.91 Å². The van der Waals surface area contributed by atoms with Crippen molar-refractivity contribution in [1.29, 1.82) is 0 Å². The molecule has 0 atom stereocenters. The zero-order chi connectivity index (χ0) is 17.3. The van der Waals surface area contributed by atoms with Gasteiger partial charge in [0.2, 0.25) is 0 Å². The first-order valence-electron chi connectivity index (χ1n) is 7.57. The number of hydrogen-bond donors (Lipinski definition) is 1. The van der Waals surface area contributed by atoms with Crippen molar-refractivity contribution in [3.05, 3.63) is 34.2 Å². The smallest absolute Gasteiger partial charge is 0.303 e. The number of carbonyl (C=O) groups is 2. The van der Waals surface area contributed by atoms with Gasteiger partial charge in [-0.15, -0.1) is 0 Å². The molecule has 0 unspecified atom stereocenters. The van der Waals surface area contributed by atoms with Crippen LogP contribution in [0.5, 0.6) is 0 Å². The van der Waals surface area contributed by atoms with Crippen molar-refractivity contribution < 1.29 is 14.7 Å². The van der Waals surface area contributed by atoms with E-state index in [0.29, 0.717) is 22.2 Å². The maximum Gasteiger partial charge on any atom is 0.303 e. The summed E-state index contributed by atoms with van der Waals surface area (Å²) in [4.78, 5) is 28.8. The van der Waals surface area contributed by atoms with E-state index >= 15 is 0 Å². The van der Waals surface area contributed by atoms with E-state index in [2.05, 4.69) is 11.8 Å². The molecule has 5 nitrogen and oxygen atoms in total. The van der Waals surface area contributed by atoms with E-state index in [9.17, 15) is 9.59 Å². The highest BCUT2D eigenvalue weighted by Gasteiger charge is 2.38. The molecule has 8 heteroatoms. The van der Waals surface area contributed by atoms with E-state index in [1.54, 1.807) is 11.8 Å². The second kappa shape index (κ2) is 7.16. The molecule has 126 valence electrons. The Kier molecular flexibility index (Phi) is 5.17. The molecule has 0 bridgehead atoms. The van der Waals surface area contributed by atoms with Gasteiger partial charge in [-0.05, 0) is 25.5 Å². The minimum atomic E-state index is -0.863. The van der Waals surface area contributed by atoms with Gasteiger partial charge >= 0.3 is 5.97 Å². The van der Waals surface area contributed by atoms with E-state index in [4.69, 9.17) is 17.3 Å². The van der Waals surface area contributed by atoms with Crippen LogP contribution in [0.1, 0.15) is 19.8 Å². The van der Waals surface area contributed by atoms with E-state index in [-0.39, 0.29) is 12.3 Å². The molecule has 1 amide bonds. The lowest BCUT2D eigenvalue weighted by Gasteiger charge is -2.19. The van der Waals surface area contributed by atoms with Crippen molar-refractivity contribution in [2.75, 3.05) is 18.0 Å². The van der Waals surface area contributed by atoms with Gasteiger partial charge in [0, 0.05) is 24.4 Å². The van der Waals surface area contributed by atoms with E-state index in [1.165, 1.54) is 16.7 Å². The first kappa shape index (κ1) is 17.3. The molecule has 0 spiro atoms. The number of amides is 1. The van der Waals surface area contributed by atoms with Gasteiger partial charge in [0.1, 0.15) is 14.3 Å². The Bertz CT molecular complexity index is 748. The molecule has 0 aromatic heterocycles. The summed E-state index contributed by atoms with van der Waals surface area (Å²) < 4.78 is 0.500. The van der Waals surface area contributed by atoms with Gasteiger partial charge in [-0.25, -0.2) is 0 Å². The summed E-state index contributed by atoms with van der Waals surface area (Å²) in [5.41, 5.74) is 1.11. The van der Waals surface area contributed by atoms with E-state index < -0.39 is 5.97 Å². The van der Waals surface area contributed by atoms with Crippen LogP contribution in [-0.2, 0) is 9.59 Å². The lowest BCUT2D eigenvalue weighted by Crippen LogP contribution is -2.30. The number of thioether (sulfide) groups is 2. The number of para-hydroxylation sites is 1. The fraction of sp³-hybridized carbons (Fsp3) is 0.312. The standard InChI is InChI=1S/C16H16N2O3S3/c1-2-17-10-6-3-4-7-11(10)23-15(17)13-14(21)18(16(22)24-13)9-5-8-12(19)20/h3-4,6-7H,2,5,8-9H2,1H3,(H,19,20). The zero-order valence-corrected chi connectivity index (χ0v) is 15.5. The van der Waals surface area contributed by atoms with Crippen molar-refractivity contribution in [2.24, 2.45) is 0 Å². The molecular formula is C16H16N2O3S3. The second-order valence-electron chi connectivity index (χ2n) is 5.27. The van der Waals surface area contributed by atoms with Crippen LogP contribution in [0.4, 0.5) is 5.69 Å². The number of anilines is 1. The second-order valence-corrected chi connectivity index (χ2v) is 7.95. The normalized spacial score (nSPS) is 20.0. The number of carboxylic acid groups (broad SMARTS) is 1. The minimum absolute atomic E-state index is 0.0320. The third kappa shape index (κ3) is 3.18. The van der Waals surface area contributed by atoms with Gasteiger partial charge in [0.05, 0.1) is 5.69 Å². The topological polar surface area (TPSA) is 60.9 Å². The minimum Gasteiger partial charge on any atom is -0.481 e.